The fourth-order valence-corrected chi connectivity index (χ4v) is 2.05. The summed E-state index contributed by atoms with van der Waals surface area (Å²) < 4.78 is 0. The molecular formula is C13H15N5. The van der Waals surface area contributed by atoms with Gasteiger partial charge in [0.25, 0.3) is 0 Å². The number of pyridine rings is 1. The summed E-state index contributed by atoms with van der Waals surface area (Å²) in [5, 5.41) is 3.16. The number of hydrogen-bond donors (Lipinski definition) is 1. The normalized spacial score (nSPS) is 23.8. The SMILES string of the molecule is CC1CN=C2C(=NCc3ccncc3)NC=CN21. The summed E-state index contributed by atoms with van der Waals surface area (Å²) in [6.07, 6.45) is 7.49. The van der Waals surface area contributed by atoms with Crippen molar-refractivity contribution in [3.8, 4) is 0 Å². The van der Waals surface area contributed by atoms with Crippen LogP contribution in [0.1, 0.15) is 12.5 Å². The van der Waals surface area contributed by atoms with Gasteiger partial charge in [-0.15, -0.1) is 0 Å². The molecule has 3 heterocycles. The van der Waals surface area contributed by atoms with Gasteiger partial charge in [0.2, 0.25) is 0 Å². The van der Waals surface area contributed by atoms with Gasteiger partial charge in [0.15, 0.2) is 11.7 Å². The summed E-state index contributed by atoms with van der Waals surface area (Å²) in [5.74, 6) is 1.79. The highest BCUT2D eigenvalue weighted by molar-refractivity contribution is 6.41. The Hall–Kier alpha value is -2.17. The standard InChI is InChI=1S/C13H15N5/c1-10-8-17-13-12(15-6-7-18(10)13)16-9-11-2-4-14-5-3-11/h2-7,10H,8-9H2,1H3,(H,15,16). The van der Waals surface area contributed by atoms with E-state index in [9.17, 15) is 0 Å². The molecule has 0 spiro atoms. The van der Waals surface area contributed by atoms with Crippen molar-refractivity contribution in [2.24, 2.45) is 9.98 Å². The molecule has 18 heavy (non-hydrogen) atoms. The Balaban J connectivity index is 1.79. The lowest BCUT2D eigenvalue weighted by atomic mass is 10.2. The summed E-state index contributed by atoms with van der Waals surface area (Å²) in [5.41, 5.74) is 1.15. The maximum atomic E-state index is 4.58. The van der Waals surface area contributed by atoms with Crippen molar-refractivity contribution in [1.29, 1.82) is 0 Å². The fourth-order valence-electron chi connectivity index (χ4n) is 2.05. The molecule has 0 bridgehead atoms. The average Bonchev–Trinajstić information content (AvgIpc) is 2.80. The van der Waals surface area contributed by atoms with Crippen molar-refractivity contribution in [1.82, 2.24) is 15.2 Å². The molecule has 1 N–H and O–H groups in total. The first-order chi connectivity index (χ1) is 8.84. The van der Waals surface area contributed by atoms with Gasteiger partial charge in [-0.2, -0.15) is 0 Å². The summed E-state index contributed by atoms with van der Waals surface area (Å²) in [6, 6.07) is 4.36. The Morgan fingerprint density at radius 3 is 3.11 bits per heavy atom. The van der Waals surface area contributed by atoms with Crippen LogP contribution in [-0.2, 0) is 6.54 Å². The molecule has 1 aromatic heterocycles. The minimum atomic E-state index is 0.421. The smallest absolute Gasteiger partial charge is 0.171 e. The molecule has 0 aromatic carbocycles. The number of aliphatic imine (C=N–C) groups is 2. The zero-order chi connectivity index (χ0) is 12.4. The molecule has 2 aliphatic heterocycles. The number of amidine groups is 2. The zero-order valence-corrected chi connectivity index (χ0v) is 10.2. The topological polar surface area (TPSA) is 52.9 Å². The van der Waals surface area contributed by atoms with E-state index in [0.717, 1.165) is 23.8 Å². The molecule has 0 saturated carbocycles. The number of nitrogens with one attached hydrogen (secondary N) is 1. The molecular weight excluding hydrogens is 226 g/mol. The van der Waals surface area contributed by atoms with E-state index in [1.54, 1.807) is 12.4 Å². The monoisotopic (exact) mass is 241 g/mol. The van der Waals surface area contributed by atoms with Gasteiger partial charge < -0.3 is 10.2 Å². The van der Waals surface area contributed by atoms with Gasteiger partial charge in [0.05, 0.1) is 19.1 Å². The second-order valence-corrected chi connectivity index (χ2v) is 4.40. The van der Waals surface area contributed by atoms with Crippen LogP contribution in [0.5, 0.6) is 0 Å². The summed E-state index contributed by atoms with van der Waals surface area (Å²) in [6.45, 7) is 3.63. The second-order valence-electron chi connectivity index (χ2n) is 4.40. The van der Waals surface area contributed by atoms with Gasteiger partial charge >= 0.3 is 0 Å². The van der Waals surface area contributed by atoms with Gasteiger partial charge in [0, 0.05) is 24.8 Å². The Labute approximate surface area is 106 Å². The third-order valence-electron chi connectivity index (χ3n) is 3.06. The molecule has 1 aromatic rings. The highest BCUT2D eigenvalue weighted by Gasteiger charge is 2.27. The van der Waals surface area contributed by atoms with Gasteiger partial charge in [-0.1, -0.05) is 0 Å². The molecule has 1 unspecified atom stereocenters. The zero-order valence-electron chi connectivity index (χ0n) is 10.2. The lowest BCUT2D eigenvalue weighted by molar-refractivity contribution is 0.471. The molecule has 5 heteroatoms. The van der Waals surface area contributed by atoms with E-state index in [2.05, 4.69) is 32.1 Å². The molecule has 1 atom stereocenters. The molecule has 0 saturated heterocycles. The van der Waals surface area contributed by atoms with E-state index in [4.69, 9.17) is 0 Å². The predicted octanol–water partition coefficient (Wildman–Crippen LogP) is 1.16. The first kappa shape index (κ1) is 11.0. The van der Waals surface area contributed by atoms with Crippen LogP contribution >= 0.6 is 0 Å². The Morgan fingerprint density at radius 1 is 1.44 bits per heavy atom. The number of hydrogen-bond acceptors (Lipinski definition) is 4. The maximum absolute atomic E-state index is 4.58. The summed E-state index contributed by atoms with van der Waals surface area (Å²) >= 11 is 0. The summed E-state index contributed by atoms with van der Waals surface area (Å²) in [4.78, 5) is 15.3. The van der Waals surface area contributed by atoms with Gasteiger partial charge in [0.1, 0.15) is 0 Å². The lowest BCUT2D eigenvalue weighted by Gasteiger charge is -2.25. The first-order valence-electron chi connectivity index (χ1n) is 6.04. The predicted molar refractivity (Wildman–Crippen MR) is 71.3 cm³/mol. The lowest BCUT2D eigenvalue weighted by Crippen LogP contribution is -2.43. The van der Waals surface area contributed by atoms with Gasteiger partial charge in [-0.25, -0.2) is 0 Å². The van der Waals surface area contributed by atoms with Crippen molar-refractivity contribution >= 4 is 11.7 Å². The maximum Gasteiger partial charge on any atom is 0.171 e. The number of rotatable bonds is 2. The van der Waals surface area contributed by atoms with Crippen LogP contribution in [0.3, 0.4) is 0 Å². The van der Waals surface area contributed by atoms with Crippen LogP contribution in [0, 0.1) is 0 Å². The molecule has 0 aliphatic carbocycles. The molecule has 3 rings (SSSR count). The van der Waals surface area contributed by atoms with Crippen LogP contribution in [0.15, 0.2) is 46.9 Å². The minimum absolute atomic E-state index is 0.421. The van der Waals surface area contributed by atoms with Gasteiger partial charge in [-0.05, 0) is 24.6 Å². The molecule has 2 aliphatic rings. The van der Waals surface area contributed by atoms with Crippen molar-refractivity contribution in [3.63, 3.8) is 0 Å². The molecule has 5 nitrogen and oxygen atoms in total. The number of nitrogens with zero attached hydrogens (tertiary/aromatic N) is 4. The van der Waals surface area contributed by atoms with Crippen LogP contribution in [0.25, 0.3) is 0 Å². The van der Waals surface area contributed by atoms with Crippen molar-refractivity contribution in [3.05, 3.63) is 42.5 Å². The van der Waals surface area contributed by atoms with E-state index in [1.807, 2.05) is 24.5 Å². The third kappa shape index (κ3) is 1.99. The Kier molecular flexibility index (Phi) is 2.80. The second kappa shape index (κ2) is 4.60. The largest absolute Gasteiger partial charge is 0.342 e. The van der Waals surface area contributed by atoms with Crippen LogP contribution in [0.4, 0.5) is 0 Å². The van der Waals surface area contributed by atoms with Crippen LogP contribution < -0.4 is 5.32 Å². The van der Waals surface area contributed by atoms with Crippen molar-refractivity contribution in [2.45, 2.75) is 19.5 Å². The number of aromatic nitrogens is 1. The van der Waals surface area contributed by atoms with E-state index in [1.165, 1.54) is 0 Å². The third-order valence-corrected chi connectivity index (χ3v) is 3.06. The van der Waals surface area contributed by atoms with Crippen molar-refractivity contribution < 1.29 is 0 Å². The quantitative estimate of drug-likeness (QED) is 0.845. The highest BCUT2D eigenvalue weighted by atomic mass is 15.3. The average molecular weight is 241 g/mol. The Bertz CT molecular complexity index is 517. The van der Waals surface area contributed by atoms with E-state index < -0.39 is 0 Å². The molecule has 0 amide bonds. The van der Waals surface area contributed by atoms with E-state index in [-0.39, 0.29) is 0 Å². The minimum Gasteiger partial charge on any atom is -0.342 e. The van der Waals surface area contributed by atoms with Gasteiger partial charge in [-0.3, -0.25) is 15.0 Å². The molecule has 92 valence electrons. The molecule has 0 fully saturated rings. The fraction of sp³-hybridized carbons (Fsp3) is 0.308. The van der Waals surface area contributed by atoms with E-state index >= 15 is 0 Å². The first-order valence-corrected chi connectivity index (χ1v) is 6.04. The number of fused-ring (bicyclic) bond motifs is 1. The molecule has 0 radical (unpaired) electrons. The summed E-state index contributed by atoms with van der Waals surface area (Å²) in [7, 11) is 0. The van der Waals surface area contributed by atoms with Crippen LogP contribution in [-0.4, -0.2) is 34.1 Å². The Morgan fingerprint density at radius 2 is 2.28 bits per heavy atom. The van der Waals surface area contributed by atoms with Crippen LogP contribution in [0.2, 0.25) is 0 Å². The van der Waals surface area contributed by atoms with E-state index in [0.29, 0.717) is 12.6 Å². The highest BCUT2D eigenvalue weighted by Crippen LogP contribution is 2.14. The van der Waals surface area contributed by atoms with Crippen molar-refractivity contribution in [2.75, 3.05) is 6.54 Å².